The van der Waals surface area contributed by atoms with E-state index in [2.05, 4.69) is 5.32 Å². The molecule has 0 aliphatic heterocycles. The highest BCUT2D eigenvalue weighted by Gasteiger charge is 2.10. The summed E-state index contributed by atoms with van der Waals surface area (Å²) in [4.78, 5) is 23.2. The Hall–Kier alpha value is -3.14. The van der Waals surface area contributed by atoms with Crippen LogP contribution in [0.15, 0.2) is 59.0 Å². The lowest BCUT2D eigenvalue weighted by molar-refractivity contribution is 0.102. The predicted octanol–water partition coefficient (Wildman–Crippen LogP) is 4.63. The molecule has 0 spiro atoms. The van der Waals surface area contributed by atoms with Crippen molar-refractivity contribution in [3.63, 3.8) is 0 Å². The van der Waals surface area contributed by atoms with Crippen molar-refractivity contribution in [3.8, 4) is 11.3 Å². The molecule has 1 heterocycles. The van der Waals surface area contributed by atoms with Gasteiger partial charge in [0.1, 0.15) is 5.76 Å². The number of amides is 1. The molecule has 1 amide bonds. The molecule has 2 aromatic carbocycles. The molecule has 0 aliphatic rings. The second-order valence-corrected chi connectivity index (χ2v) is 5.65. The highest BCUT2D eigenvalue weighted by Crippen LogP contribution is 2.23. The normalized spacial score (nSPS) is 10.4. The van der Waals surface area contributed by atoms with Crippen LogP contribution in [0.5, 0.6) is 0 Å². The van der Waals surface area contributed by atoms with Crippen LogP contribution in [-0.2, 0) is 0 Å². The summed E-state index contributed by atoms with van der Waals surface area (Å²) < 4.78 is 5.40. The van der Waals surface area contributed by atoms with E-state index >= 15 is 0 Å². The van der Waals surface area contributed by atoms with Gasteiger partial charge in [-0.2, -0.15) is 0 Å². The zero-order valence-corrected chi connectivity index (χ0v) is 13.5. The van der Waals surface area contributed by atoms with E-state index in [1.165, 1.54) is 5.56 Å². The zero-order chi connectivity index (χ0) is 17.1. The number of carbonyl (C=O) groups excluding carboxylic acids is 2. The van der Waals surface area contributed by atoms with Gasteiger partial charge in [0.25, 0.3) is 5.91 Å². The van der Waals surface area contributed by atoms with Crippen LogP contribution in [0.1, 0.15) is 32.0 Å². The Morgan fingerprint density at radius 1 is 1.00 bits per heavy atom. The molecule has 4 nitrogen and oxygen atoms in total. The fourth-order valence-electron chi connectivity index (χ4n) is 2.41. The highest BCUT2D eigenvalue weighted by molar-refractivity contribution is 6.05. The van der Waals surface area contributed by atoms with Gasteiger partial charge in [-0.15, -0.1) is 0 Å². The first-order valence-corrected chi connectivity index (χ1v) is 7.61. The lowest BCUT2D eigenvalue weighted by Crippen LogP contribution is -2.12. The van der Waals surface area contributed by atoms with Crippen LogP contribution in [0, 0.1) is 13.8 Å². The molecule has 0 atom stereocenters. The van der Waals surface area contributed by atoms with Gasteiger partial charge in [0, 0.05) is 16.8 Å². The standard InChI is InChI=1S/C20H17NO3/c1-13-6-7-17(10-14(13)2)21-20(23)16-5-3-4-15(11-16)19-9-8-18(12-22)24-19/h3-12H,1-2H3,(H,21,23). The number of anilines is 1. The number of rotatable bonds is 4. The summed E-state index contributed by atoms with van der Waals surface area (Å²) in [6.45, 7) is 4.04. The van der Waals surface area contributed by atoms with E-state index < -0.39 is 0 Å². The summed E-state index contributed by atoms with van der Waals surface area (Å²) in [6, 6.07) is 16.2. The summed E-state index contributed by atoms with van der Waals surface area (Å²) in [7, 11) is 0. The minimum atomic E-state index is -0.192. The first-order chi connectivity index (χ1) is 11.6. The van der Waals surface area contributed by atoms with Crippen LogP contribution < -0.4 is 5.32 Å². The van der Waals surface area contributed by atoms with Crippen molar-refractivity contribution < 1.29 is 14.0 Å². The molecule has 3 aromatic rings. The minimum absolute atomic E-state index is 0.192. The van der Waals surface area contributed by atoms with Crippen molar-refractivity contribution in [1.82, 2.24) is 0 Å². The molecule has 0 fully saturated rings. The van der Waals surface area contributed by atoms with Gasteiger partial charge in [-0.05, 0) is 61.4 Å². The number of hydrogen-bond donors (Lipinski definition) is 1. The van der Waals surface area contributed by atoms with E-state index in [1.54, 1.807) is 30.3 Å². The molecule has 0 saturated heterocycles. The molecular weight excluding hydrogens is 302 g/mol. The summed E-state index contributed by atoms with van der Waals surface area (Å²) in [5, 5.41) is 2.90. The molecule has 3 rings (SSSR count). The zero-order valence-electron chi connectivity index (χ0n) is 13.5. The molecule has 4 heteroatoms. The van der Waals surface area contributed by atoms with Crippen molar-refractivity contribution in [3.05, 3.63) is 77.0 Å². The maximum atomic E-state index is 12.5. The Morgan fingerprint density at radius 3 is 2.54 bits per heavy atom. The lowest BCUT2D eigenvalue weighted by atomic mass is 10.1. The number of furan rings is 1. The largest absolute Gasteiger partial charge is 0.453 e. The monoisotopic (exact) mass is 319 g/mol. The van der Waals surface area contributed by atoms with Crippen molar-refractivity contribution in [2.45, 2.75) is 13.8 Å². The van der Waals surface area contributed by atoms with Gasteiger partial charge in [0.2, 0.25) is 0 Å². The molecule has 0 saturated carbocycles. The second kappa shape index (κ2) is 6.54. The SMILES string of the molecule is Cc1ccc(NC(=O)c2cccc(-c3ccc(C=O)o3)c2)cc1C. The highest BCUT2D eigenvalue weighted by atomic mass is 16.3. The van der Waals surface area contributed by atoms with Crippen LogP contribution in [0.3, 0.4) is 0 Å². The lowest BCUT2D eigenvalue weighted by Gasteiger charge is -2.08. The van der Waals surface area contributed by atoms with Gasteiger partial charge >= 0.3 is 0 Å². The molecule has 1 N–H and O–H groups in total. The van der Waals surface area contributed by atoms with Crippen LogP contribution in [-0.4, -0.2) is 12.2 Å². The van der Waals surface area contributed by atoms with E-state index in [4.69, 9.17) is 4.42 Å². The van der Waals surface area contributed by atoms with Crippen LogP contribution in [0.4, 0.5) is 5.69 Å². The first kappa shape index (κ1) is 15.7. The molecular formula is C20H17NO3. The summed E-state index contributed by atoms with van der Waals surface area (Å²) >= 11 is 0. The van der Waals surface area contributed by atoms with Crippen molar-refractivity contribution >= 4 is 17.9 Å². The van der Waals surface area contributed by atoms with Crippen LogP contribution in [0.25, 0.3) is 11.3 Å². The average molecular weight is 319 g/mol. The topological polar surface area (TPSA) is 59.3 Å². The van der Waals surface area contributed by atoms with E-state index in [-0.39, 0.29) is 11.7 Å². The Labute approximate surface area is 140 Å². The van der Waals surface area contributed by atoms with Gasteiger partial charge in [0.15, 0.2) is 12.0 Å². The molecule has 0 unspecified atom stereocenters. The Kier molecular flexibility index (Phi) is 4.29. The molecule has 24 heavy (non-hydrogen) atoms. The van der Waals surface area contributed by atoms with Gasteiger partial charge < -0.3 is 9.73 Å². The minimum Gasteiger partial charge on any atom is -0.453 e. The van der Waals surface area contributed by atoms with Crippen molar-refractivity contribution in [2.75, 3.05) is 5.32 Å². The van der Waals surface area contributed by atoms with E-state index in [1.807, 2.05) is 38.1 Å². The Balaban J connectivity index is 1.83. The molecule has 1 aromatic heterocycles. The molecule has 120 valence electrons. The molecule has 0 radical (unpaired) electrons. The van der Waals surface area contributed by atoms with Gasteiger partial charge in [-0.3, -0.25) is 9.59 Å². The van der Waals surface area contributed by atoms with E-state index in [0.717, 1.165) is 16.8 Å². The summed E-state index contributed by atoms with van der Waals surface area (Å²) in [5.74, 6) is 0.621. The van der Waals surface area contributed by atoms with Gasteiger partial charge in [0.05, 0.1) is 0 Å². The Morgan fingerprint density at radius 2 is 1.83 bits per heavy atom. The number of benzene rings is 2. The quantitative estimate of drug-likeness (QED) is 0.713. The number of hydrogen-bond acceptors (Lipinski definition) is 3. The number of aldehydes is 1. The number of carbonyl (C=O) groups is 2. The maximum Gasteiger partial charge on any atom is 0.255 e. The summed E-state index contributed by atoms with van der Waals surface area (Å²) in [5.41, 5.74) is 4.33. The maximum absolute atomic E-state index is 12.5. The Bertz CT molecular complexity index is 909. The van der Waals surface area contributed by atoms with E-state index in [9.17, 15) is 9.59 Å². The number of aryl methyl sites for hydroxylation is 2. The average Bonchev–Trinajstić information content (AvgIpc) is 3.07. The van der Waals surface area contributed by atoms with Crippen LogP contribution in [0.2, 0.25) is 0 Å². The number of nitrogens with one attached hydrogen (secondary N) is 1. The van der Waals surface area contributed by atoms with Gasteiger partial charge in [-0.1, -0.05) is 18.2 Å². The third-order valence-electron chi connectivity index (χ3n) is 3.92. The third-order valence-corrected chi connectivity index (χ3v) is 3.92. The molecule has 0 bridgehead atoms. The first-order valence-electron chi connectivity index (χ1n) is 7.61. The molecule has 0 aliphatic carbocycles. The second-order valence-electron chi connectivity index (χ2n) is 5.65. The third kappa shape index (κ3) is 3.27. The predicted molar refractivity (Wildman–Crippen MR) is 93.4 cm³/mol. The van der Waals surface area contributed by atoms with Crippen molar-refractivity contribution in [2.24, 2.45) is 0 Å². The smallest absolute Gasteiger partial charge is 0.255 e. The van der Waals surface area contributed by atoms with Gasteiger partial charge in [-0.25, -0.2) is 0 Å². The fourth-order valence-corrected chi connectivity index (χ4v) is 2.41. The van der Waals surface area contributed by atoms with Crippen LogP contribution >= 0.6 is 0 Å². The van der Waals surface area contributed by atoms with Crippen molar-refractivity contribution in [1.29, 1.82) is 0 Å². The summed E-state index contributed by atoms with van der Waals surface area (Å²) in [6.07, 6.45) is 0.653. The fraction of sp³-hybridized carbons (Fsp3) is 0.100. The van der Waals surface area contributed by atoms with E-state index in [0.29, 0.717) is 17.6 Å².